The van der Waals surface area contributed by atoms with Crippen molar-refractivity contribution in [3.05, 3.63) is 77.9 Å². The maximum Gasteiger partial charge on any atom is 0.240 e. The molecule has 0 saturated heterocycles. The summed E-state index contributed by atoms with van der Waals surface area (Å²) < 4.78 is 13.3. The molecule has 1 aliphatic heterocycles. The lowest BCUT2D eigenvalue weighted by Gasteiger charge is -2.23. The van der Waals surface area contributed by atoms with E-state index in [1.54, 1.807) is 6.20 Å². The second kappa shape index (κ2) is 9.03. The summed E-state index contributed by atoms with van der Waals surface area (Å²) in [6.07, 6.45) is 4.28. The first-order valence-corrected chi connectivity index (χ1v) is 10.3. The minimum atomic E-state index is -0.179. The summed E-state index contributed by atoms with van der Waals surface area (Å²) in [5, 5.41) is 3.21. The van der Waals surface area contributed by atoms with Crippen LogP contribution in [-0.4, -0.2) is 28.7 Å². The van der Waals surface area contributed by atoms with Crippen molar-refractivity contribution >= 4 is 5.91 Å². The third kappa shape index (κ3) is 4.64. The fourth-order valence-corrected chi connectivity index (χ4v) is 3.73. The number of carbonyl (C=O) groups excluding carboxylic acids is 1. The molecule has 1 aliphatic rings. The zero-order valence-electron chi connectivity index (χ0n) is 17.4. The Morgan fingerprint density at radius 2 is 1.87 bits per heavy atom. The number of rotatable bonds is 7. The number of benzene rings is 2. The van der Waals surface area contributed by atoms with Gasteiger partial charge in [-0.2, -0.15) is 0 Å². The zero-order chi connectivity index (χ0) is 20.9. The van der Waals surface area contributed by atoms with Gasteiger partial charge in [-0.1, -0.05) is 50.2 Å². The van der Waals surface area contributed by atoms with Gasteiger partial charge in [0.25, 0.3) is 0 Å². The molecule has 0 bridgehead atoms. The Hall–Kier alpha value is -3.28. The van der Waals surface area contributed by atoms with Gasteiger partial charge >= 0.3 is 0 Å². The number of nitrogens with one attached hydrogen (secondary N) is 1. The first kappa shape index (κ1) is 20.0. The van der Waals surface area contributed by atoms with Gasteiger partial charge in [0.15, 0.2) is 11.5 Å². The second-order valence-corrected chi connectivity index (χ2v) is 7.78. The molecule has 4 rings (SSSR count). The van der Waals surface area contributed by atoms with Crippen LogP contribution >= 0.6 is 0 Å². The largest absolute Gasteiger partial charge is 0.486 e. The zero-order valence-corrected chi connectivity index (χ0v) is 17.4. The van der Waals surface area contributed by atoms with Crippen LogP contribution in [0.5, 0.6) is 11.5 Å². The fourth-order valence-electron chi connectivity index (χ4n) is 3.73. The number of imidazole rings is 1. The van der Waals surface area contributed by atoms with Crippen LogP contribution in [0.1, 0.15) is 42.8 Å². The van der Waals surface area contributed by atoms with Gasteiger partial charge in [-0.15, -0.1) is 0 Å². The Morgan fingerprint density at radius 1 is 1.10 bits per heavy atom. The quantitative estimate of drug-likeness (QED) is 0.648. The Morgan fingerprint density at radius 3 is 2.63 bits per heavy atom. The van der Waals surface area contributed by atoms with E-state index in [1.807, 2.05) is 47.2 Å². The van der Waals surface area contributed by atoms with Crippen LogP contribution in [0.25, 0.3) is 0 Å². The van der Waals surface area contributed by atoms with E-state index in [4.69, 9.17) is 9.47 Å². The summed E-state index contributed by atoms with van der Waals surface area (Å²) in [4.78, 5) is 17.3. The van der Waals surface area contributed by atoms with Gasteiger partial charge in [0.2, 0.25) is 5.91 Å². The summed E-state index contributed by atoms with van der Waals surface area (Å²) in [7, 11) is 0. The van der Waals surface area contributed by atoms with E-state index in [0.29, 0.717) is 19.6 Å². The third-order valence-electron chi connectivity index (χ3n) is 5.16. The van der Waals surface area contributed by atoms with Crippen LogP contribution in [0.4, 0.5) is 0 Å². The van der Waals surface area contributed by atoms with E-state index < -0.39 is 0 Å². The maximum atomic E-state index is 12.9. The standard InChI is InChI=1S/C24H27N3O3/c1-17(2)24-25-10-11-27(24)16-23(28)26-20(14-18-6-4-3-5-7-18)19-8-9-21-22(15-19)30-13-12-29-21/h3-11,15,17,20H,12-14,16H2,1-2H3,(H,26,28)/t20-/m0/s1. The summed E-state index contributed by atoms with van der Waals surface area (Å²) >= 11 is 0. The summed E-state index contributed by atoms with van der Waals surface area (Å²) in [5.74, 6) is 2.58. The first-order chi connectivity index (χ1) is 14.6. The van der Waals surface area contributed by atoms with Crippen LogP contribution in [0, 0.1) is 0 Å². The minimum absolute atomic E-state index is 0.0503. The van der Waals surface area contributed by atoms with Crippen molar-refractivity contribution < 1.29 is 14.3 Å². The number of fused-ring (bicyclic) bond motifs is 1. The second-order valence-electron chi connectivity index (χ2n) is 7.78. The van der Waals surface area contributed by atoms with Gasteiger partial charge in [-0.05, 0) is 29.7 Å². The highest BCUT2D eigenvalue weighted by molar-refractivity contribution is 5.76. The van der Waals surface area contributed by atoms with Gasteiger partial charge in [0.1, 0.15) is 25.6 Å². The molecule has 0 fully saturated rings. The van der Waals surface area contributed by atoms with E-state index in [0.717, 1.165) is 28.5 Å². The van der Waals surface area contributed by atoms with Crippen LogP contribution in [0.15, 0.2) is 60.9 Å². The Kier molecular flexibility index (Phi) is 6.02. The molecule has 156 valence electrons. The number of amides is 1. The van der Waals surface area contributed by atoms with Crippen molar-refractivity contribution in [2.75, 3.05) is 13.2 Å². The van der Waals surface area contributed by atoms with Gasteiger partial charge < -0.3 is 19.4 Å². The van der Waals surface area contributed by atoms with Crippen molar-refractivity contribution in [3.63, 3.8) is 0 Å². The normalized spacial score (nSPS) is 13.8. The van der Waals surface area contributed by atoms with Crippen molar-refractivity contribution in [3.8, 4) is 11.5 Å². The molecule has 1 N–H and O–H groups in total. The number of hydrogen-bond donors (Lipinski definition) is 1. The van der Waals surface area contributed by atoms with Crippen molar-refractivity contribution in [2.45, 2.75) is 38.8 Å². The fraction of sp³-hybridized carbons (Fsp3) is 0.333. The SMILES string of the molecule is CC(C)c1nccn1CC(=O)N[C@@H](Cc1ccccc1)c1ccc2c(c1)OCCO2. The molecular weight excluding hydrogens is 378 g/mol. The average Bonchev–Trinajstić information content (AvgIpc) is 3.22. The molecule has 0 aliphatic carbocycles. The van der Waals surface area contributed by atoms with E-state index in [1.165, 1.54) is 0 Å². The molecule has 2 aromatic carbocycles. The average molecular weight is 405 g/mol. The van der Waals surface area contributed by atoms with E-state index >= 15 is 0 Å². The number of carbonyl (C=O) groups is 1. The summed E-state index contributed by atoms with van der Waals surface area (Å²) in [5.41, 5.74) is 2.15. The lowest BCUT2D eigenvalue weighted by Crippen LogP contribution is -2.33. The molecule has 0 saturated carbocycles. The van der Waals surface area contributed by atoms with E-state index in [-0.39, 0.29) is 24.4 Å². The Labute approximate surface area is 176 Å². The Bertz CT molecular complexity index is 998. The van der Waals surface area contributed by atoms with E-state index in [9.17, 15) is 4.79 Å². The highest BCUT2D eigenvalue weighted by Gasteiger charge is 2.20. The van der Waals surface area contributed by atoms with E-state index in [2.05, 4.69) is 36.3 Å². The number of hydrogen-bond acceptors (Lipinski definition) is 4. The number of ether oxygens (including phenoxy) is 2. The molecule has 1 amide bonds. The molecule has 0 radical (unpaired) electrons. The maximum absolute atomic E-state index is 12.9. The number of aromatic nitrogens is 2. The molecule has 3 aromatic rings. The lowest BCUT2D eigenvalue weighted by molar-refractivity contribution is -0.122. The molecular formula is C24H27N3O3. The molecule has 0 unspecified atom stereocenters. The highest BCUT2D eigenvalue weighted by Crippen LogP contribution is 2.33. The van der Waals surface area contributed by atoms with Gasteiger partial charge in [0, 0.05) is 18.3 Å². The van der Waals surface area contributed by atoms with Crippen LogP contribution < -0.4 is 14.8 Å². The van der Waals surface area contributed by atoms with Crippen molar-refractivity contribution in [1.29, 1.82) is 0 Å². The Balaban J connectivity index is 1.55. The molecule has 1 atom stereocenters. The van der Waals surface area contributed by atoms with Gasteiger partial charge in [0.05, 0.1) is 6.04 Å². The summed E-state index contributed by atoms with van der Waals surface area (Å²) in [6, 6.07) is 15.9. The van der Waals surface area contributed by atoms with Gasteiger partial charge in [-0.25, -0.2) is 4.98 Å². The lowest BCUT2D eigenvalue weighted by atomic mass is 9.98. The van der Waals surface area contributed by atoms with Crippen molar-refractivity contribution in [1.82, 2.24) is 14.9 Å². The van der Waals surface area contributed by atoms with Crippen LogP contribution in [-0.2, 0) is 17.8 Å². The smallest absolute Gasteiger partial charge is 0.240 e. The monoisotopic (exact) mass is 405 g/mol. The van der Waals surface area contributed by atoms with Crippen LogP contribution in [0.2, 0.25) is 0 Å². The summed E-state index contributed by atoms with van der Waals surface area (Å²) in [6.45, 7) is 5.47. The molecule has 30 heavy (non-hydrogen) atoms. The van der Waals surface area contributed by atoms with Crippen molar-refractivity contribution in [2.24, 2.45) is 0 Å². The molecule has 1 aromatic heterocycles. The minimum Gasteiger partial charge on any atom is -0.486 e. The predicted molar refractivity (Wildman–Crippen MR) is 115 cm³/mol. The van der Waals surface area contributed by atoms with Crippen LogP contribution in [0.3, 0.4) is 0 Å². The number of nitrogens with zero attached hydrogens (tertiary/aromatic N) is 2. The van der Waals surface area contributed by atoms with Gasteiger partial charge in [-0.3, -0.25) is 4.79 Å². The predicted octanol–water partition coefficient (Wildman–Crippen LogP) is 3.88. The molecule has 2 heterocycles. The molecule has 6 heteroatoms. The molecule has 0 spiro atoms. The first-order valence-electron chi connectivity index (χ1n) is 10.3. The topological polar surface area (TPSA) is 65.4 Å². The molecule has 6 nitrogen and oxygen atoms in total. The third-order valence-corrected chi connectivity index (χ3v) is 5.16. The highest BCUT2D eigenvalue weighted by atomic mass is 16.6.